The fraction of sp³-hybridized carbons (Fsp3) is 0.455. The van der Waals surface area contributed by atoms with E-state index in [1.807, 2.05) is 6.07 Å². The van der Waals surface area contributed by atoms with Gasteiger partial charge < -0.3 is 15.5 Å². The monoisotopic (exact) mass is 309 g/mol. The van der Waals surface area contributed by atoms with Crippen LogP contribution in [0.25, 0.3) is 0 Å². The first-order valence-electron chi connectivity index (χ1n) is 5.07. The third-order valence-electron chi connectivity index (χ3n) is 2.19. The Morgan fingerprint density at radius 1 is 1.41 bits per heavy atom. The van der Waals surface area contributed by atoms with Gasteiger partial charge in [0.15, 0.2) is 0 Å². The molecule has 6 heteroatoms. The summed E-state index contributed by atoms with van der Waals surface area (Å²) in [6, 6.07) is 6.99. The summed E-state index contributed by atoms with van der Waals surface area (Å²) in [4.78, 5) is 0. The summed E-state index contributed by atoms with van der Waals surface area (Å²) in [5, 5.41) is 20.5. The number of hydrogen-bond acceptors (Lipinski definition) is 3. The van der Waals surface area contributed by atoms with Crippen molar-refractivity contribution in [1.29, 1.82) is 0 Å². The zero-order valence-corrected chi connectivity index (χ0v) is 10.6. The summed E-state index contributed by atoms with van der Waals surface area (Å²) >= 11 is 3.26. The molecule has 3 nitrogen and oxygen atoms in total. The van der Waals surface area contributed by atoms with E-state index in [2.05, 4.69) is 21.2 Å². The van der Waals surface area contributed by atoms with Crippen LogP contribution in [-0.2, 0) is 0 Å². The van der Waals surface area contributed by atoms with Gasteiger partial charge >= 0.3 is 0 Å². The maximum absolute atomic E-state index is 12.7. The third kappa shape index (κ3) is 5.08. The van der Waals surface area contributed by atoms with Gasteiger partial charge in [-0.15, -0.1) is 0 Å². The first-order chi connectivity index (χ1) is 7.94. The van der Waals surface area contributed by atoms with Gasteiger partial charge in [0.05, 0.1) is 12.6 Å². The molecule has 0 spiro atoms. The summed E-state index contributed by atoms with van der Waals surface area (Å²) < 4.78 is 26.2. The lowest BCUT2D eigenvalue weighted by Gasteiger charge is -2.16. The van der Waals surface area contributed by atoms with Gasteiger partial charge in [-0.2, -0.15) is 0 Å². The Morgan fingerprint density at radius 2 is 2.12 bits per heavy atom. The Balaban J connectivity index is 2.42. The predicted molar refractivity (Wildman–Crippen MR) is 64.0 cm³/mol. The van der Waals surface area contributed by atoms with Crippen LogP contribution in [0.2, 0.25) is 0 Å². The number of hydrogen-bond donors (Lipinski definition) is 3. The molecule has 96 valence electrons. The van der Waals surface area contributed by atoms with Gasteiger partial charge in [0.1, 0.15) is 6.61 Å². The maximum atomic E-state index is 12.7. The summed E-state index contributed by atoms with van der Waals surface area (Å²) in [6.07, 6.45) is -0.859. The molecule has 0 aliphatic carbocycles. The molecule has 1 rings (SSSR count). The summed E-state index contributed by atoms with van der Waals surface area (Å²) in [5.74, 6) is -3.16. The lowest BCUT2D eigenvalue weighted by Crippen LogP contribution is -2.37. The molecule has 0 saturated heterocycles. The highest BCUT2D eigenvalue weighted by Crippen LogP contribution is 2.18. The Bertz CT molecular complexity index is 363. The van der Waals surface area contributed by atoms with Gasteiger partial charge in [-0.05, 0) is 17.7 Å². The van der Waals surface area contributed by atoms with Gasteiger partial charge in [-0.1, -0.05) is 28.1 Å². The summed E-state index contributed by atoms with van der Waals surface area (Å²) in [7, 11) is 0. The molecule has 3 N–H and O–H groups in total. The van der Waals surface area contributed by atoms with Crippen LogP contribution >= 0.6 is 15.9 Å². The van der Waals surface area contributed by atoms with E-state index in [0.29, 0.717) is 5.56 Å². The van der Waals surface area contributed by atoms with Crippen molar-refractivity contribution in [2.45, 2.75) is 12.0 Å². The van der Waals surface area contributed by atoms with Gasteiger partial charge in [0.25, 0.3) is 5.92 Å². The molecule has 1 aromatic carbocycles. The van der Waals surface area contributed by atoms with Crippen molar-refractivity contribution in [2.24, 2.45) is 0 Å². The quantitative estimate of drug-likeness (QED) is 0.750. The van der Waals surface area contributed by atoms with Gasteiger partial charge in [-0.3, -0.25) is 0 Å². The van der Waals surface area contributed by atoms with Crippen LogP contribution in [0, 0.1) is 0 Å². The van der Waals surface area contributed by atoms with Crippen LogP contribution in [0.1, 0.15) is 11.7 Å². The molecule has 0 amide bonds. The number of aliphatic hydroxyl groups is 2. The zero-order chi connectivity index (χ0) is 12.9. The summed E-state index contributed by atoms with van der Waals surface area (Å²) in [6.45, 7) is -1.85. The number of halogens is 3. The molecular weight excluding hydrogens is 296 g/mol. The topological polar surface area (TPSA) is 52.5 Å². The van der Waals surface area contributed by atoms with Crippen LogP contribution in [-0.4, -0.2) is 35.8 Å². The average molecular weight is 310 g/mol. The molecule has 0 aliphatic heterocycles. The van der Waals surface area contributed by atoms with E-state index < -0.39 is 25.2 Å². The summed E-state index contributed by atoms with van der Waals surface area (Å²) in [5.41, 5.74) is 0.638. The van der Waals surface area contributed by atoms with Crippen molar-refractivity contribution in [1.82, 2.24) is 5.32 Å². The number of benzene rings is 1. The lowest BCUT2D eigenvalue weighted by molar-refractivity contribution is -0.0488. The second-order valence-electron chi connectivity index (χ2n) is 3.72. The Morgan fingerprint density at radius 3 is 2.71 bits per heavy atom. The molecule has 1 aromatic rings. The smallest absolute Gasteiger partial charge is 0.282 e. The molecule has 0 radical (unpaired) electrons. The van der Waals surface area contributed by atoms with Crippen molar-refractivity contribution in [3.8, 4) is 0 Å². The normalized spacial score (nSPS) is 13.7. The Hall–Kier alpha value is -0.560. The van der Waals surface area contributed by atoms with Crippen LogP contribution in [0.15, 0.2) is 28.7 Å². The van der Waals surface area contributed by atoms with Crippen molar-refractivity contribution in [3.05, 3.63) is 34.3 Å². The molecule has 0 heterocycles. The standard InChI is InChI=1S/C11H14BrF2NO2/c12-9-3-1-2-8(4-9)10(17)5-15-6-11(13,14)7-16/h1-4,10,15-17H,5-7H2. The first-order valence-corrected chi connectivity index (χ1v) is 5.87. The maximum Gasteiger partial charge on any atom is 0.282 e. The largest absolute Gasteiger partial charge is 0.390 e. The Kier molecular flexibility index (Phi) is 5.45. The molecule has 1 unspecified atom stereocenters. The lowest BCUT2D eigenvalue weighted by atomic mass is 10.1. The van der Waals surface area contributed by atoms with Gasteiger partial charge in [0, 0.05) is 11.0 Å². The molecule has 0 aliphatic rings. The van der Waals surface area contributed by atoms with Crippen LogP contribution in [0.3, 0.4) is 0 Å². The fourth-order valence-corrected chi connectivity index (χ4v) is 1.70. The van der Waals surface area contributed by atoms with Crippen molar-refractivity contribution in [3.63, 3.8) is 0 Å². The molecule has 0 aromatic heterocycles. The third-order valence-corrected chi connectivity index (χ3v) is 2.68. The highest BCUT2D eigenvalue weighted by Gasteiger charge is 2.27. The molecule has 1 atom stereocenters. The number of nitrogens with one attached hydrogen (secondary N) is 1. The van der Waals surface area contributed by atoms with Crippen molar-refractivity contribution in [2.75, 3.05) is 19.7 Å². The second-order valence-corrected chi connectivity index (χ2v) is 4.63. The molecule has 0 saturated carbocycles. The van der Waals surface area contributed by atoms with Crippen molar-refractivity contribution < 1.29 is 19.0 Å². The SMILES string of the molecule is OCC(F)(F)CNCC(O)c1cccc(Br)c1. The van der Waals surface area contributed by atoms with E-state index in [0.717, 1.165) is 4.47 Å². The molecule has 17 heavy (non-hydrogen) atoms. The van der Waals surface area contributed by atoms with Crippen LogP contribution < -0.4 is 5.32 Å². The minimum atomic E-state index is -3.16. The highest BCUT2D eigenvalue weighted by atomic mass is 79.9. The minimum absolute atomic E-state index is 0.00600. The van der Waals surface area contributed by atoms with E-state index >= 15 is 0 Å². The molecular formula is C11H14BrF2NO2. The van der Waals surface area contributed by atoms with Crippen molar-refractivity contribution >= 4 is 15.9 Å². The Labute approximate surface area is 107 Å². The predicted octanol–water partition coefficient (Wildman–Crippen LogP) is 1.70. The van der Waals surface area contributed by atoms with Crippen LogP contribution in [0.5, 0.6) is 0 Å². The van der Waals surface area contributed by atoms with E-state index in [-0.39, 0.29) is 6.54 Å². The minimum Gasteiger partial charge on any atom is -0.390 e. The zero-order valence-electron chi connectivity index (χ0n) is 9.04. The second kappa shape index (κ2) is 6.39. The first kappa shape index (κ1) is 14.5. The molecule has 0 bridgehead atoms. The van der Waals surface area contributed by atoms with Gasteiger partial charge in [0.2, 0.25) is 0 Å². The van der Waals surface area contributed by atoms with Gasteiger partial charge in [-0.25, -0.2) is 8.78 Å². The fourth-order valence-electron chi connectivity index (χ4n) is 1.28. The molecule has 0 fully saturated rings. The van der Waals surface area contributed by atoms with E-state index in [9.17, 15) is 13.9 Å². The van der Waals surface area contributed by atoms with E-state index in [4.69, 9.17) is 5.11 Å². The van der Waals surface area contributed by atoms with Crippen LogP contribution in [0.4, 0.5) is 8.78 Å². The average Bonchev–Trinajstić information content (AvgIpc) is 2.28. The van der Waals surface area contributed by atoms with E-state index in [1.165, 1.54) is 0 Å². The number of aliphatic hydroxyl groups excluding tert-OH is 2. The number of alkyl halides is 2. The number of rotatable bonds is 6. The van der Waals surface area contributed by atoms with E-state index in [1.54, 1.807) is 18.2 Å². The highest BCUT2D eigenvalue weighted by molar-refractivity contribution is 9.10.